The van der Waals surface area contributed by atoms with Crippen LogP contribution in [0.25, 0.3) is 5.69 Å². The molecule has 0 saturated carbocycles. The molecule has 2 rings (SSSR count). The van der Waals surface area contributed by atoms with Crippen LogP contribution in [0.3, 0.4) is 0 Å². The maximum absolute atomic E-state index is 12.5. The number of ether oxygens (including phenoxy) is 1. The smallest absolute Gasteiger partial charge is 0.305 e. The normalized spacial score (nSPS) is 10.5. The zero-order valence-corrected chi connectivity index (χ0v) is 14.0. The van der Waals surface area contributed by atoms with Crippen LogP contribution >= 0.6 is 0 Å². The minimum Gasteiger partial charge on any atom is -0.497 e. The van der Waals surface area contributed by atoms with Gasteiger partial charge in [0.1, 0.15) is 5.75 Å². The number of amides is 1. The molecule has 0 bridgehead atoms. The van der Waals surface area contributed by atoms with Crippen molar-refractivity contribution in [1.82, 2.24) is 14.7 Å². The van der Waals surface area contributed by atoms with Crippen molar-refractivity contribution >= 4 is 11.9 Å². The highest BCUT2D eigenvalue weighted by atomic mass is 16.5. The summed E-state index contributed by atoms with van der Waals surface area (Å²) >= 11 is 0. The van der Waals surface area contributed by atoms with Crippen LogP contribution in [-0.2, 0) is 4.79 Å². The van der Waals surface area contributed by atoms with Crippen LogP contribution in [0.5, 0.6) is 5.75 Å². The average Bonchev–Trinajstić information content (AvgIpc) is 2.97. The van der Waals surface area contributed by atoms with Crippen molar-refractivity contribution in [2.24, 2.45) is 0 Å². The molecule has 1 amide bonds. The Bertz CT molecular complexity index is 722. The zero-order chi connectivity index (χ0) is 17.7. The molecule has 128 valence electrons. The number of carboxylic acid groups (broad SMARTS) is 1. The molecule has 1 N–H and O–H groups in total. The minimum absolute atomic E-state index is 0.0856. The summed E-state index contributed by atoms with van der Waals surface area (Å²) in [7, 11) is 1.60. The Morgan fingerprint density at radius 2 is 1.96 bits per heavy atom. The van der Waals surface area contributed by atoms with Gasteiger partial charge >= 0.3 is 5.97 Å². The van der Waals surface area contributed by atoms with Crippen molar-refractivity contribution in [1.29, 1.82) is 0 Å². The van der Waals surface area contributed by atoms with E-state index >= 15 is 0 Å². The van der Waals surface area contributed by atoms with E-state index in [1.165, 1.54) is 4.90 Å². The highest BCUT2D eigenvalue weighted by Gasteiger charge is 2.19. The lowest BCUT2D eigenvalue weighted by molar-refractivity contribution is -0.137. The molecule has 7 nitrogen and oxygen atoms in total. The van der Waals surface area contributed by atoms with Gasteiger partial charge in [0.2, 0.25) is 0 Å². The molecule has 0 aliphatic heterocycles. The largest absolute Gasteiger partial charge is 0.497 e. The van der Waals surface area contributed by atoms with E-state index in [1.807, 2.05) is 38.1 Å². The number of aliphatic carboxylic acids is 1. The van der Waals surface area contributed by atoms with Crippen molar-refractivity contribution in [3.8, 4) is 11.4 Å². The van der Waals surface area contributed by atoms with Gasteiger partial charge in [-0.25, -0.2) is 4.68 Å². The fourth-order valence-electron chi connectivity index (χ4n) is 2.36. The van der Waals surface area contributed by atoms with E-state index in [1.54, 1.807) is 17.9 Å². The number of rotatable bonds is 7. The molecule has 0 atom stereocenters. The number of hydrogen-bond donors (Lipinski definition) is 1. The third kappa shape index (κ3) is 3.92. The van der Waals surface area contributed by atoms with Crippen LogP contribution in [0.2, 0.25) is 0 Å². The number of methoxy groups -OCH3 is 1. The van der Waals surface area contributed by atoms with Crippen LogP contribution in [0.15, 0.2) is 30.3 Å². The minimum atomic E-state index is -0.929. The summed E-state index contributed by atoms with van der Waals surface area (Å²) in [5.74, 6) is -0.457. The van der Waals surface area contributed by atoms with Crippen LogP contribution in [-0.4, -0.2) is 51.9 Å². The Morgan fingerprint density at radius 1 is 1.29 bits per heavy atom. The average molecular weight is 331 g/mol. The van der Waals surface area contributed by atoms with Gasteiger partial charge in [-0.1, -0.05) is 0 Å². The topological polar surface area (TPSA) is 84.7 Å². The third-order valence-corrected chi connectivity index (χ3v) is 3.69. The molecule has 0 spiro atoms. The van der Waals surface area contributed by atoms with E-state index in [-0.39, 0.29) is 18.9 Å². The Hall–Kier alpha value is -2.83. The number of carbonyl (C=O) groups is 2. The van der Waals surface area contributed by atoms with Crippen LogP contribution in [0.4, 0.5) is 0 Å². The first kappa shape index (κ1) is 17.5. The monoisotopic (exact) mass is 331 g/mol. The molecule has 0 aliphatic rings. The quantitative estimate of drug-likeness (QED) is 0.840. The second kappa shape index (κ2) is 7.63. The molecular formula is C17H21N3O4. The molecule has 0 unspecified atom stereocenters. The highest BCUT2D eigenvalue weighted by molar-refractivity contribution is 5.92. The molecule has 0 radical (unpaired) electrons. The molecule has 0 saturated heterocycles. The molecule has 24 heavy (non-hydrogen) atoms. The van der Waals surface area contributed by atoms with Gasteiger partial charge < -0.3 is 14.7 Å². The van der Waals surface area contributed by atoms with Crippen LogP contribution in [0, 0.1) is 6.92 Å². The van der Waals surface area contributed by atoms with Gasteiger partial charge in [-0.15, -0.1) is 0 Å². The Kier molecular flexibility index (Phi) is 5.57. The van der Waals surface area contributed by atoms with Gasteiger partial charge in [-0.3, -0.25) is 9.59 Å². The summed E-state index contributed by atoms with van der Waals surface area (Å²) in [5, 5.41) is 13.2. The molecule has 0 fully saturated rings. The van der Waals surface area contributed by atoms with Crippen molar-refractivity contribution in [3.05, 3.63) is 41.7 Å². The zero-order valence-electron chi connectivity index (χ0n) is 14.0. The van der Waals surface area contributed by atoms with Crippen LogP contribution in [0.1, 0.15) is 29.5 Å². The number of aryl methyl sites for hydroxylation is 1. The number of hydrogen-bond acceptors (Lipinski definition) is 4. The molecule has 1 aromatic carbocycles. The van der Waals surface area contributed by atoms with E-state index in [9.17, 15) is 9.59 Å². The maximum Gasteiger partial charge on any atom is 0.305 e. The summed E-state index contributed by atoms with van der Waals surface area (Å²) in [6.07, 6.45) is -0.0856. The third-order valence-electron chi connectivity index (χ3n) is 3.69. The van der Waals surface area contributed by atoms with Gasteiger partial charge in [0, 0.05) is 18.8 Å². The predicted molar refractivity (Wildman–Crippen MR) is 88.7 cm³/mol. The highest BCUT2D eigenvalue weighted by Crippen LogP contribution is 2.17. The van der Waals surface area contributed by atoms with Crippen molar-refractivity contribution in [2.45, 2.75) is 20.3 Å². The second-order valence-corrected chi connectivity index (χ2v) is 5.31. The predicted octanol–water partition coefficient (Wildman–Crippen LogP) is 2.13. The van der Waals surface area contributed by atoms with E-state index in [4.69, 9.17) is 9.84 Å². The van der Waals surface area contributed by atoms with Crippen LogP contribution < -0.4 is 4.74 Å². The SMILES string of the molecule is CCN(CCC(=O)O)C(=O)c1cc(C)n(-c2ccc(OC)cc2)n1. The first-order valence-electron chi connectivity index (χ1n) is 7.68. The standard InChI is InChI=1S/C17H21N3O4/c1-4-19(10-9-16(21)22)17(23)15-11-12(2)20(18-15)13-5-7-14(24-3)8-6-13/h5-8,11H,4,9-10H2,1-3H3,(H,21,22). The lowest BCUT2D eigenvalue weighted by Crippen LogP contribution is -2.33. The van der Waals surface area contributed by atoms with Gasteiger partial charge in [0.25, 0.3) is 5.91 Å². The lowest BCUT2D eigenvalue weighted by Gasteiger charge is -2.18. The molecular weight excluding hydrogens is 310 g/mol. The van der Waals surface area contributed by atoms with E-state index in [0.29, 0.717) is 12.2 Å². The molecule has 2 aromatic rings. The Balaban J connectivity index is 2.22. The summed E-state index contributed by atoms with van der Waals surface area (Å²) in [6, 6.07) is 9.06. The summed E-state index contributed by atoms with van der Waals surface area (Å²) in [5.41, 5.74) is 1.94. The number of aromatic nitrogens is 2. The lowest BCUT2D eigenvalue weighted by atomic mass is 10.3. The fourth-order valence-corrected chi connectivity index (χ4v) is 2.36. The van der Waals surface area contributed by atoms with Crippen molar-refractivity contribution < 1.29 is 19.4 Å². The summed E-state index contributed by atoms with van der Waals surface area (Å²) < 4.78 is 6.81. The van der Waals surface area contributed by atoms with E-state index < -0.39 is 5.97 Å². The Morgan fingerprint density at radius 3 is 2.50 bits per heavy atom. The van der Waals surface area contributed by atoms with E-state index in [2.05, 4.69) is 5.10 Å². The summed E-state index contributed by atoms with van der Waals surface area (Å²) in [4.78, 5) is 24.7. The first-order valence-corrected chi connectivity index (χ1v) is 7.68. The number of carboxylic acids is 1. The molecule has 1 aromatic heterocycles. The van der Waals surface area contributed by atoms with Crippen molar-refractivity contribution in [2.75, 3.05) is 20.2 Å². The van der Waals surface area contributed by atoms with Gasteiger partial charge in [0.05, 0.1) is 19.2 Å². The van der Waals surface area contributed by atoms with E-state index in [0.717, 1.165) is 17.1 Å². The maximum atomic E-state index is 12.5. The first-order chi connectivity index (χ1) is 11.5. The fraction of sp³-hybridized carbons (Fsp3) is 0.353. The Labute approximate surface area is 140 Å². The van der Waals surface area contributed by atoms with Gasteiger partial charge in [-0.05, 0) is 44.2 Å². The molecule has 0 aliphatic carbocycles. The molecule has 7 heteroatoms. The van der Waals surface area contributed by atoms with Crippen molar-refractivity contribution in [3.63, 3.8) is 0 Å². The number of nitrogens with zero attached hydrogens (tertiary/aromatic N) is 3. The number of carbonyl (C=O) groups excluding carboxylic acids is 1. The second-order valence-electron chi connectivity index (χ2n) is 5.31. The molecule has 1 heterocycles. The van der Waals surface area contributed by atoms with Gasteiger partial charge in [-0.2, -0.15) is 5.10 Å². The van der Waals surface area contributed by atoms with Gasteiger partial charge in [0.15, 0.2) is 5.69 Å². The summed E-state index contributed by atoms with van der Waals surface area (Å²) in [6.45, 7) is 4.27. The number of benzene rings is 1.